The third kappa shape index (κ3) is 5.23. The normalized spacial score (nSPS) is 12.4. The van der Waals surface area contributed by atoms with Gasteiger partial charge in [0.1, 0.15) is 0 Å². The third-order valence-corrected chi connectivity index (χ3v) is 4.91. The smallest absolute Gasteiger partial charge is 0.234 e. The highest BCUT2D eigenvalue weighted by atomic mass is 79.9. The van der Waals surface area contributed by atoms with Gasteiger partial charge < -0.3 is 5.32 Å². The van der Waals surface area contributed by atoms with E-state index >= 15 is 0 Å². The molecule has 1 amide bonds. The number of amides is 1. The SMILES string of the molecule is CCN(CC(=O)NC(C)c1ccc(Br)cc1)Cc1cccs1. The summed E-state index contributed by atoms with van der Waals surface area (Å²) in [6, 6.07) is 12.2. The van der Waals surface area contributed by atoms with Crippen molar-refractivity contribution in [2.75, 3.05) is 13.1 Å². The number of carbonyl (C=O) groups is 1. The molecule has 0 aliphatic rings. The van der Waals surface area contributed by atoms with Crippen LogP contribution in [0.1, 0.15) is 30.3 Å². The predicted octanol–water partition coefficient (Wildman–Crippen LogP) is 4.21. The van der Waals surface area contributed by atoms with Crippen molar-refractivity contribution in [3.05, 3.63) is 56.7 Å². The highest BCUT2D eigenvalue weighted by Crippen LogP contribution is 2.16. The van der Waals surface area contributed by atoms with E-state index in [1.165, 1.54) is 4.88 Å². The van der Waals surface area contributed by atoms with Crippen molar-refractivity contribution in [2.45, 2.75) is 26.4 Å². The monoisotopic (exact) mass is 380 g/mol. The van der Waals surface area contributed by atoms with E-state index in [0.717, 1.165) is 23.1 Å². The predicted molar refractivity (Wildman–Crippen MR) is 96.0 cm³/mol. The lowest BCUT2D eigenvalue weighted by Gasteiger charge is -2.21. The fraction of sp³-hybridized carbons (Fsp3) is 0.353. The molecule has 0 bridgehead atoms. The molecule has 0 fully saturated rings. The standard InChI is InChI=1S/C17H21BrN2OS/c1-3-20(11-16-5-4-10-22-16)12-17(21)19-13(2)14-6-8-15(18)9-7-14/h4-10,13H,3,11-12H2,1-2H3,(H,19,21). The first-order chi connectivity index (χ1) is 10.6. The molecule has 0 saturated heterocycles. The average Bonchev–Trinajstić information content (AvgIpc) is 3.00. The molecule has 0 aliphatic heterocycles. The number of halogens is 1. The van der Waals surface area contributed by atoms with Crippen molar-refractivity contribution in [2.24, 2.45) is 0 Å². The second kappa shape index (κ2) is 8.46. The van der Waals surface area contributed by atoms with Crippen LogP contribution in [0.3, 0.4) is 0 Å². The summed E-state index contributed by atoms with van der Waals surface area (Å²) >= 11 is 5.15. The van der Waals surface area contributed by atoms with Crippen LogP contribution in [0.5, 0.6) is 0 Å². The Morgan fingerprint density at radius 3 is 2.64 bits per heavy atom. The lowest BCUT2D eigenvalue weighted by atomic mass is 10.1. The Bertz CT molecular complexity index is 583. The number of likely N-dealkylation sites (N-methyl/N-ethyl adjacent to an activating group) is 1. The molecule has 0 spiro atoms. The molecule has 1 atom stereocenters. The molecule has 0 aliphatic carbocycles. The lowest BCUT2D eigenvalue weighted by molar-refractivity contribution is -0.123. The molecule has 1 aromatic carbocycles. The summed E-state index contributed by atoms with van der Waals surface area (Å²) in [6.07, 6.45) is 0. The second-order valence-corrected chi connectivity index (χ2v) is 7.17. The van der Waals surface area contributed by atoms with Crippen molar-refractivity contribution in [3.63, 3.8) is 0 Å². The molecule has 0 radical (unpaired) electrons. The minimum absolute atomic E-state index is 0.0149. The maximum Gasteiger partial charge on any atom is 0.234 e. The molecule has 1 aromatic heterocycles. The lowest BCUT2D eigenvalue weighted by Crippen LogP contribution is -2.37. The van der Waals surface area contributed by atoms with Crippen molar-refractivity contribution in [1.82, 2.24) is 10.2 Å². The zero-order valence-electron chi connectivity index (χ0n) is 12.9. The summed E-state index contributed by atoms with van der Waals surface area (Å²) in [5.74, 6) is 0.0637. The maximum absolute atomic E-state index is 12.2. The van der Waals surface area contributed by atoms with E-state index in [0.29, 0.717) is 6.54 Å². The van der Waals surface area contributed by atoms with Crippen LogP contribution >= 0.6 is 27.3 Å². The molecule has 1 heterocycles. The summed E-state index contributed by atoms with van der Waals surface area (Å²) in [7, 11) is 0. The summed E-state index contributed by atoms with van der Waals surface area (Å²) in [5.41, 5.74) is 1.11. The van der Waals surface area contributed by atoms with Gasteiger partial charge in [-0.05, 0) is 42.6 Å². The number of thiophene rings is 1. The maximum atomic E-state index is 12.2. The number of hydrogen-bond donors (Lipinski definition) is 1. The minimum Gasteiger partial charge on any atom is -0.348 e. The van der Waals surface area contributed by atoms with Crippen molar-refractivity contribution in [3.8, 4) is 0 Å². The van der Waals surface area contributed by atoms with E-state index in [4.69, 9.17) is 0 Å². The molecular weight excluding hydrogens is 360 g/mol. The van der Waals surface area contributed by atoms with Gasteiger partial charge in [-0.1, -0.05) is 41.1 Å². The van der Waals surface area contributed by atoms with Crippen LogP contribution in [0, 0.1) is 0 Å². The molecule has 2 aromatic rings. The van der Waals surface area contributed by atoms with E-state index in [1.54, 1.807) is 11.3 Å². The molecule has 2 rings (SSSR count). The van der Waals surface area contributed by atoms with Crippen LogP contribution in [-0.4, -0.2) is 23.9 Å². The summed E-state index contributed by atoms with van der Waals surface area (Å²) < 4.78 is 1.04. The van der Waals surface area contributed by atoms with E-state index in [2.05, 4.69) is 44.5 Å². The van der Waals surface area contributed by atoms with Crippen LogP contribution in [0.2, 0.25) is 0 Å². The van der Waals surface area contributed by atoms with Gasteiger partial charge in [0, 0.05) is 15.9 Å². The Kier molecular flexibility index (Phi) is 6.61. The average molecular weight is 381 g/mol. The molecule has 1 unspecified atom stereocenters. The highest BCUT2D eigenvalue weighted by Gasteiger charge is 2.13. The first kappa shape index (κ1) is 17.2. The minimum atomic E-state index is 0.0149. The van der Waals surface area contributed by atoms with Crippen molar-refractivity contribution in [1.29, 1.82) is 0 Å². The zero-order valence-corrected chi connectivity index (χ0v) is 15.3. The number of hydrogen-bond acceptors (Lipinski definition) is 3. The fourth-order valence-corrected chi connectivity index (χ4v) is 3.24. The largest absolute Gasteiger partial charge is 0.348 e. The summed E-state index contributed by atoms with van der Waals surface area (Å²) in [6.45, 7) is 6.21. The van der Waals surface area contributed by atoms with Crippen LogP contribution in [0.15, 0.2) is 46.3 Å². The quantitative estimate of drug-likeness (QED) is 0.779. The van der Waals surface area contributed by atoms with Crippen LogP contribution in [0.25, 0.3) is 0 Å². The molecule has 22 heavy (non-hydrogen) atoms. The fourth-order valence-electron chi connectivity index (χ4n) is 2.23. The van der Waals surface area contributed by atoms with Gasteiger partial charge in [-0.15, -0.1) is 11.3 Å². The van der Waals surface area contributed by atoms with E-state index in [1.807, 2.05) is 37.3 Å². The van der Waals surface area contributed by atoms with Gasteiger partial charge in [0.05, 0.1) is 12.6 Å². The Labute approximate surface area is 144 Å². The van der Waals surface area contributed by atoms with Gasteiger partial charge in [0.25, 0.3) is 0 Å². The molecule has 118 valence electrons. The number of rotatable bonds is 7. The Morgan fingerprint density at radius 2 is 2.05 bits per heavy atom. The van der Waals surface area contributed by atoms with Crippen molar-refractivity contribution < 1.29 is 4.79 Å². The Morgan fingerprint density at radius 1 is 1.32 bits per heavy atom. The zero-order chi connectivity index (χ0) is 15.9. The summed E-state index contributed by atoms with van der Waals surface area (Å²) in [4.78, 5) is 15.7. The first-order valence-corrected chi connectivity index (χ1v) is 9.05. The van der Waals surface area contributed by atoms with Gasteiger partial charge in [0.2, 0.25) is 5.91 Å². The van der Waals surface area contributed by atoms with Gasteiger partial charge in [-0.2, -0.15) is 0 Å². The van der Waals surface area contributed by atoms with Gasteiger partial charge in [-0.3, -0.25) is 9.69 Å². The van der Waals surface area contributed by atoms with Crippen LogP contribution in [-0.2, 0) is 11.3 Å². The van der Waals surface area contributed by atoms with E-state index in [9.17, 15) is 4.79 Å². The number of nitrogens with one attached hydrogen (secondary N) is 1. The highest BCUT2D eigenvalue weighted by molar-refractivity contribution is 9.10. The van der Waals surface area contributed by atoms with Crippen molar-refractivity contribution >= 4 is 33.2 Å². The Balaban J connectivity index is 1.86. The van der Waals surface area contributed by atoms with Crippen LogP contribution < -0.4 is 5.32 Å². The second-order valence-electron chi connectivity index (χ2n) is 5.22. The van der Waals surface area contributed by atoms with Gasteiger partial charge >= 0.3 is 0 Å². The van der Waals surface area contributed by atoms with Gasteiger partial charge in [0.15, 0.2) is 0 Å². The number of carbonyl (C=O) groups excluding carboxylic acids is 1. The molecule has 3 nitrogen and oxygen atoms in total. The molecule has 1 N–H and O–H groups in total. The number of nitrogens with zero attached hydrogens (tertiary/aromatic N) is 1. The summed E-state index contributed by atoms with van der Waals surface area (Å²) in [5, 5.41) is 5.14. The van der Waals surface area contributed by atoms with Crippen LogP contribution in [0.4, 0.5) is 0 Å². The van der Waals surface area contributed by atoms with E-state index < -0.39 is 0 Å². The van der Waals surface area contributed by atoms with E-state index in [-0.39, 0.29) is 11.9 Å². The molecule has 5 heteroatoms. The molecular formula is C17H21BrN2OS. The number of benzene rings is 1. The Hall–Kier alpha value is -1.17. The first-order valence-electron chi connectivity index (χ1n) is 7.38. The molecule has 0 saturated carbocycles. The topological polar surface area (TPSA) is 32.3 Å². The third-order valence-electron chi connectivity index (χ3n) is 3.52. The van der Waals surface area contributed by atoms with Gasteiger partial charge in [-0.25, -0.2) is 0 Å².